The van der Waals surface area contributed by atoms with Crippen LogP contribution in [0.3, 0.4) is 0 Å². The van der Waals surface area contributed by atoms with Crippen molar-refractivity contribution in [3.63, 3.8) is 0 Å². The summed E-state index contributed by atoms with van der Waals surface area (Å²) < 4.78 is 1.79. The number of piperidine rings is 1. The minimum atomic E-state index is 0.0876. The van der Waals surface area contributed by atoms with Gasteiger partial charge in [-0.15, -0.1) is 0 Å². The van der Waals surface area contributed by atoms with Gasteiger partial charge in [-0.05, 0) is 49.9 Å². The van der Waals surface area contributed by atoms with Crippen LogP contribution in [0.2, 0.25) is 5.02 Å². The Morgan fingerprint density at radius 2 is 1.86 bits per heavy atom. The maximum atomic E-state index is 12.7. The molecule has 0 saturated carbocycles. The molecule has 1 aliphatic rings. The van der Waals surface area contributed by atoms with Crippen LogP contribution < -0.4 is 0 Å². The third kappa shape index (κ3) is 2.88. The quantitative estimate of drug-likeness (QED) is 0.847. The van der Waals surface area contributed by atoms with Crippen molar-refractivity contribution in [1.29, 1.82) is 0 Å². The number of nitrogens with zero attached hydrogens (tertiary/aromatic N) is 3. The van der Waals surface area contributed by atoms with Gasteiger partial charge in [0.05, 0.1) is 23.1 Å². The molecule has 4 nitrogen and oxygen atoms in total. The molecule has 0 bridgehead atoms. The molecule has 1 aromatic carbocycles. The minimum absolute atomic E-state index is 0.0876. The molecule has 0 unspecified atom stereocenters. The van der Waals surface area contributed by atoms with Crippen LogP contribution in [0.1, 0.15) is 35.8 Å². The number of carbonyl (C=O) groups is 1. The molecule has 1 fully saturated rings. The maximum absolute atomic E-state index is 12.7. The Morgan fingerprint density at radius 3 is 2.50 bits per heavy atom. The van der Waals surface area contributed by atoms with Gasteiger partial charge in [0.15, 0.2) is 0 Å². The number of hydrogen-bond donors (Lipinski definition) is 0. The first kappa shape index (κ1) is 15.1. The van der Waals surface area contributed by atoms with Crippen LogP contribution in [-0.4, -0.2) is 33.7 Å². The van der Waals surface area contributed by atoms with Crippen molar-refractivity contribution in [2.24, 2.45) is 5.92 Å². The molecule has 2 aromatic rings. The van der Waals surface area contributed by atoms with Gasteiger partial charge in [-0.25, -0.2) is 4.68 Å². The second kappa shape index (κ2) is 6.13. The molecule has 0 aliphatic carbocycles. The van der Waals surface area contributed by atoms with Gasteiger partial charge in [0.25, 0.3) is 5.91 Å². The van der Waals surface area contributed by atoms with Gasteiger partial charge in [0, 0.05) is 18.1 Å². The highest BCUT2D eigenvalue weighted by molar-refractivity contribution is 6.30. The lowest BCUT2D eigenvalue weighted by Gasteiger charge is -2.30. The highest BCUT2D eigenvalue weighted by Gasteiger charge is 2.24. The van der Waals surface area contributed by atoms with E-state index in [-0.39, 0.29) is 5.91 Å². The van der Waals surface area contributed by atoms with E-state index in [2.05, 4.69) is 12.0 Å². The monoisotopic (exact) mass is 317 g/mol. The zero-order valence-electron chi connectivity index (χ0n) is 12.9. The normalized spacial score (nSPS) is 16.0. The molecule has 2 heterocycles. The summed E-state index contributed by atoms with van der Waals surface area (Å²) in [4.78, 5) is 14.6. The van der Waals surface area contributed by atoms with E-state index in [1.54, 1.807) is 10.9 Å². The summed E-state index contributed by atoms with van der Waals surface area (Å²) in [6, 6.07) is 7.45. The number of rotatable bonds is 2. The number of amides is 1. The second-order valence-electron chi connectivity index (χ2n) is 6.01. The van der Waals surface area contributed by atoms with Crippen LogP contribution in [0.25, 0.3) is 5.69 Å². The Kier molecular flexibility index (Phi) is 4.21. The van der Waals surface area contributed by atoms with Crippen molar-refractivity contribution in [2.75, 3.05) is 13.1 Å². The molecule has 5 heteroatoms. The van der Waals surface area contributed by atoms with Crippen LogP contribution in [0, 0.1) is 12.8 Å². The molecule has 1 saturated heterocycles. The van der Waals surface area contributed by atoms with E-state index in [0.29, 0.717) is 16.5 Å². The van der Waals surface area contributed by atoms with E-state index in [1.807, 2.05) is 36.1 Å². The first-order chi connectivity index (χ1) is 10.6. The molecule has 116 valence electrons. The van der Waals surface area contributed by atoms with Crippen molar-refractivity contribution in [2.45, 2.75) is 26.7 Å². The second-order valence-corrected chi connectivity index (χ2v) is 6.44. The first-order valence-corrected chi connectivity index (χ1v) is 8.04. The predicted molar refractivity (Wildman–Crippen MR) is 87.6 cm³/mol. The van der Waals surface area contributed by atoms with E-state index >= 15 is 0 Å². The smallest absolute Gasteiger partial charge is 0.257 e. The Bertz CT molecular complexity index is 670. The third-order valence-electron chi connectivity index (χ3n) is 4.38. The lowest BCUT2D eigenvalue weighted by Crippen LogP contribution is -2.38. The zero-order valence-corrected chi connectivity index (χ0v) is 13.7. The van der Waals surface area contributed by atoms with Gasteiger partial charge in [-0.1, -0.05) is 18.5 Å². The van der Waals surface area contributed by atoms with Gasteiger partial charge in [0.1, 0.15) is 0 Å². The predicted octanol–water partition coefficient (Wildman–Crippen LogP) is 3.71. The summed E-state index contributed by atoms with van der Waals surface area (Å²) in [5.41, 5.74) is 2.46. The number of likely N-dealkylation sites (tertiary alicyclic amines) is 1. The number of aromatic nitrogens is 2. The van der Waals surface area contributed by atoms with Crippen molar-refractivity contribution in [3.05, 3.63) is 46.7 Å². The van der Waals surface area contributed by atoms with Crippen molar-refractivity contribution >= 4 is 17.5 Å². The molecule has 0 radical (unpaired) electrons. The SMILES string of the molecule is Cc1c(C(=O)N2CCC(C)CC2)cnn1-c1ccc(Cl)cc1. The summed E-state index contributed by atoms with van der Waals surface area (Å²) in [5, 5.41) is 5.06. The Morgan fingerprint density at radius 1 is 1.23 bits per heavy atom. The van der Waals surface area contributed by atoms with Gasteiger partial charge in [-0.2, -0.15) is 5.10 Å². The van der Waals surface area contributed by atoms with Gasteiger partial charge in [0.2, 0.25) is 0 Å². The molecular formula is C17H20ClN3O. The molecule has 1 aromatic heterocycles. The molecule has 22 heavy (non-hydrogen) atoms. The van der Waals surface area contributed by atoms with Crippen LogP contribution >= 0.6 is 11.6 Å². The molecule has 1 aliphatic heterocycles. The van der Waals surface area contributed by atoms with Crippen LogP contribution in [0.15, 0.2) is 30.5 Å². The van der Waals surface area contributed by atoms with Crippen molar-refractivity contribution in [1.82, 2.24) is 14.7 Å². The largest absolute Gasteiger partial charge is 0.339 e. The number of benzene rings is 1. The molecule has 0 atom stereocenters. The highest BCUT2D eigenvalue weighted by atomic mass is 35.5. The average Bonchev–Trinajstić information content (AvgIpc) is 2.90. The van der Waals surface area contributed by atoms with Gasteiger partial charge in [-0.3, -0.25) is 4.79 Å². The lowest BCUT2D eigenvalue weighted by atomic mass is 9.99. The van der Waals surface area contributed by atoms with E-state index < -0.39 is 0 Å². The summed E-state index contributed by atoms with van der Waals surface area (Å²) in [5.74, 6) is 0.798. The Balaban J connectivity index is 1.84. The van der Waals surface area contributed by atoms with Crippen molar-refractivity contribution < 1.29 is 4.79 Å². The topological polar surface area (TPSA) is 38.1 Å². The Hall–Kier alpha value is -1.81. The van der Waals surface area contributed by atoms with E-state index in [9.17, 15) is 4.79 Å². The fourth-order valence-electron chi connectivity index (χ4n) is 2.84. The average molecular weight is 318 g/mol. The molecular weight excluding hydrogens is 298 g/mol. The summed E-state index contributed by atoms with van der Waals surface area (Å²) in [6.45, 7) is 5.85. The highest BCUT2D eigenvalue weighted by Crippen LogP contribution is 2.21. The van der Waals surface area contributed by atoms with Crippen LogP contribution in [-0.2, 0) is 0 Å². The summed E-state index contributed by atoms with van der Waals surface area (Å²) in [7, 11) is 0. The maximum Gasteiger partial charge on any atom is 0.257 e. The van der Waals surface area contributed by atoms with E-state index in [4.69, 9.17) is 11.6 Å². The third-order valence-corrected chi connectivity index (χ3v) is 4.63. The first-order valence-electron chi connectivity index (χ1n) is 7.66. The Labute approximate surface area is 135 Å². The van der Waals surface area contributed by atoms with Gasteiger partial charge < -0.3 is 4.90 Å². The lowest BCUT2D eigenvalue weighted by molar-refractivity contribution is 0.0696. The fraction of sp³-hybridized carbons (Fsp3) is 0.412. The number of halogens is 1. The molecule has 0 spiro atoms. The van der Waals surface area contributed by atoms with E-state index in [1.165, 1.54) is 0 Å². The minimum Gasteiger partial charge on any atom is -0.339 e. The fourth-order valence-corrected chi connectivity index (χ4v) is 2.97. The molecule has 3 rings (SSSR count). The van der Waals surface area contributed by atoms with E-state index in [0.717, 1.165) is 37.3 Å². The van der Waals surface area contributed by atoms with Gasteiger partial charge >= 0.3 is 0 Å². The van der Waals surface area contributed by atoms with Crippen molar-refractivity contribution in [3.8, 4) is 5.69 Å². The molecule has 1 amide bonds. The van der Waals surface area contributed by atoms with Crippen LogP contribution in [0.4, 0.5) is 0 Å². The summed E-state index contributed by atoms with van der Waals surface area (Å²) in [6.07, 6.45) is 3.83. The van der Waals surface area contributed by atoms with Crippen LogP contribution in [0.5, 0.6) is 0 Å². The molecule has 0 N–H and O–H groups in total. The summed E-state index contributed by atoms with van der Waals surface area (Å²) >= 11 is 5.92. The zero-order chi connectivity index (χ0) is 15.7. The number of hydrogen-bond acceptors (Lipinski definition) is 2. The number of carbonyl (C=O) groups excluding carboxylic acids is 1. The standard InChI is InChI=1S/C17H20ClN3O/c1-12-7-9-20(10-8-12)17(22)16-11-19-21(13(16)2)15-5-3-14(18)4-6-15/h3-6,11-12H,7-10H2,1-2H3.